The lowest BCUT2D eigenvalue weighted by Gasteiger charge is -2.30. The molecule has 2 rings (SSSR count). The maximum atomic E-state index is 11.6. The zero-order valence-electron chi connectivity index (χ0n) is 10.5. The number of carbonyl (C=O) groups excluding carboxylic acids is 2. The third-order valence-electron chi connectivity index (χ3n) is 3.39. The molecule has 2 aliphatic rings. The molecule has 102 valence electrons. The topological polar surface area (TPSA) is 81.7 Å². The molecule has 1 unspecified atom stereocenters. The minimum Gasteiger partial charge on any atom is -0.396 e. The monoisotopic (exact) mass is 255 g/mol. The molecule has 0 aromatic carbocycles. The highest BCUT2D eigenvalue weighted by Gasteiger charge is 2.25. The van der Waals surface area contributed by atoms with Crippen molar-refractivity contribution in [2.75, 3.05) is 26.2 Å². The Labute approximate surface area is 107 Å². The van der Waals surface area contributed by atoms with Crippen LogP contribution in [-0.4, -0.2) is 54.2 Å². The lowest BCUT2D eigenvalue weighted by molar-refractivity contribution is -0.121. The van der Waals surface area contributed by atoms with Crippen molar-refractivity contribution in [3.63, 3.8) is 0 Å². The van der Waals surface area contributed by atoms with E-state index in [1.807, 2.05) is 4.90 Å². The average Bonchev–Trinajstić information content (AvgIpc) is 3.12. The molecule has 2 fully saturated rings. The maximum Gasteiger partial charge on any atom is 0.321 e. The van der Waals surface area contributed by atoms with Crippen LogP contribution in [0.1, 0.15) is 25.7 Å². The van der Waals surface area contributed by atoms with Gasteiger partial charge in [-0.05, 0) is 38.1 Å². The number of piperidine rings is 1. The van der Waals surface area contributed by atoms with Gasteiger partial charge in [0.1, 0.15) is 0 Å². The van der Waals surface area contributed by atoms with Gasteiger partial charge in [0.05, 0.1) is 6.54 Å². The van der Waals surface area contributed by atoms with Gasteiger partial charge in [0, 0.05) is 19.2 Å². The van der Waals surface area contributed by atoms with Crippen LogP contribution in [-0.2, 0) is 4.79 Å². The first-order valence-corrected chi connectivity index (χ1v) is 6.61. The number of hydrogen-bond donors (Lipinski definition) is 3. The number of carbonyl (C=O) groups is 2. The van der Waals surface area contributed by atoms with E-state index in [1.54, 1.807) is 0 Å². The van der Waals surface area contributed by atoms with Crippen molar-refractivity contribution in [2.45, 2.75) is 31.7 Å². The molecule has 6 heteroatoms. The Morgan fingerprint density at radius 1 is 1.28 bits per heavy atom. The van der Waals surface area contributed by atoms with Gasteiger partial charge in [-0.1, -0.05) is 0 Å². The zero-order chi connectivity index (χ0) is 13.0. The van der Waals surface area contributed by atoms with Crippen molar-refractivity contribution >= 4 is 11.9 Å². The molecule has 1 heterocycles. The van der Waals surface area contributed by atoms with Crippen LogP contribution in [0.5, 0.6) is 0 Å². The SMILES string of the molecule is O=C(CN1CCCC(CO)C1)NC(=O)NC1CC1. The van der Waals surface area contributed by atoms with Crippen LogP contribution in [0.4, 0.5) is 4.79 Å². The Morgan fingerprint density at radius 2 is 2.06 bits per heavy atom. The Morgan fingerprint density at radius 3 is 2.72 bits per heavy atom. The van der Waals surface area contributed by atoms with Gasteiger partial charge in [-0.15, -0.1) is 0 Å². The van der Waals surface area contributed by atoms with Crippen LogP contribution in [0.3, 0.4) is 0 Å². The fraction of sp³-hybridized carbons (Fsp3) is 0.833. The van der Waals surface area contributed by atoms with Gasteiger partial charge in [-0.25, -0.2) is 4.79 Å². The van der Waals surface area contributed by atoms with E-state index < -0.39 is 6.03 Å². The van der Waals surface area contributed by atoms with Gasteiger partial charge in [-0.2, -0.15) is 0 Å². The first-order chi connectivity index (χ1) is 8.67. The van der Waals surface area contributed by atoms with Crippen LogP contribution in [0, 0.1) is 5.92 Å². The van der Waals surface area contributed by atoms with Crippen LogP contribution < -0.4 is 10.6 Å². The highest BCUT2D eigenvalue weighted by molar-refractivity contribution is 5.95. The van der Waals surface area contributed by atoms with E-state index in [2.05, 4.69) is 10.6 Å². The van der Waals surface area contributed by atoms with E-state index in [1.165, 1.54) is 0 Å². The number of likely N-dealkylation sites (tertiary alicyclic amines) is 1. The molecule has 18 heavy (non-hydrogen) atoms. The summed E-state index contributed by atoms with van der Waals surface area (Å²) >= 11 is 0. The standard InChI is InChI=1S/C12H21N3O3/c16-8-9-2-1-5-15(6-9)7-11(17)14-12(18)13-10-3-4-10/h9-10,16H,1-8H2,(H2,13,14,17,18). The molecule has 3 N–H and O–H groups in total. The summed E-state index contributed by atoms with van der Waals surface area (Å²) in [6.45, 7) is 1.98. The minimum absolute atomic E-state index is 0.167. The van der Waals surface area contributed by atoms with Gasteiger partial charge >= 0.3 is 6.03 Å². The fourth-order valence-electron chi connectivity index (χ4n) is 2.26. The smallest absolute Gasteiger partial charge is 0.321 e. The van der Waals surface area contributed by atoms with E-state index in [4.69, 9.17) is 5.11 Å². The van der Waals surface area contributed by atoms with Crippen LogP contribution in [0.2, 0.25) is 0 Å². The Kier molecular flexibility index (Phi) is 4.54. The average molecular weight is 255 g/mol. The van der Waals surface area contributed by atoms with E-state index in [0.717, 1.165) is 38.8 Å². The van der Waals surface area contributed by atoms with E-state index in [-0.39, 0.29) is 31.0 Å². The minimum atomic E-state index is -0.391. The van der Waals surface area contributed by atoms with Crippen molar-refractivity contribution in [3.8, 4) is 0 Å². The number of nitrogens with zero attached hydrogens (tertiary/aromatic N) is 1. The molecule has 0 aromatic heterocycles. The Bertz CT molecular complexity index is 318. The molecule has 3 amide bonds. The predicted octanol–water partition coefficient (Wildman–Crippen LogP) is -0.321. The van der Waals surface area contributed by atoms with E-state index in [9.17, 15) is 9.59 Å². The predicted molar refractivity (Wildman–Crippen MR) is 65.9 cm³/mol. The first kappa shape index (κ1) is 13.3. The number of aliphatic hydroxyl groups is 1. The maximum absolute atomic E-state index is 11.6. The Balaban J connectivity index is 1.67. The van der Waals surface area contributed by atoms with Gasteiger partial charge in [-0.3, -0.25) is 15.0 Å². The first-order valence-electron chi connectivity index (χ1n) is 6.61. The van der Waals surface area contributed by atoms with Crippen LogP contribution >= 0.6 is 0 Å². The van der Waals surface area contributed by atoms with Gasteiger partial charge < -0.3 is 10.4 Å². The van der Waals surface area contributed by atoms with Gasteiger partial charge in [0.25, 0.3) is 0 Å². The number of urea groups is 1. The number of aliphatic hydroxyl groups excluding tert-OH is 1. The summed E-state index contributed by atoms with van der Waals surface area (Å²) in [6.07, 6.45) is 4.02. The number of amides is 3. The van der Waals surface area contributed by atoms with Crippen molar-refractivity contribution < 1.29 is 14.7 Å². The van der Waals surface area contributed by atoms with Crippen molar-refractivity contribution in [1.29, 1.82) is 0 Å². The molecule has 1 saturated heterocycles. The fourth-order valence-corrected chi connectivity index (χ4v) is 2.26. The third kappa shape index (κ3) is 4.27. The summed E-state index contributed by atoms with van der Waals surface area (Å²) in [5.74, 6) is -0.0152. The van der Waals surface area contributed by atoms with Crippen molar-refractivity contribution in [2.24, 2.45) is 5.92 Å². The number of rotatable bonds is 4. The summed E-state index contributed by atoms with van der Waals surface area (Å²) in [7, 11) is 0. The van der Waals surface area contributed by atoms with Gasteiger partial charge in [0.15, 0.2) is 0 Å². The number of hydrogen-bond acceptors (Lipinski definition) is 4. The summed E-state index contributed by atoms with van der Waals surface area (Å²) in [6, 6.07) is -0.134. The van der Waals surface area contributed by atoms with E-state index >= 15 is 0 Å². The molecular weight excluding hydrogens is 234 g/mol. The van der Waals surface area contributed by atoms with Gasteiger partial charge in [0.2, 0.25) is 5.91 Å². The van der Waals surface area contributed by atoms with Crippen LogP contribution in [0.15, 0.2) is 0 Å². The second kappa shape index (κ2) is 6.15. The molecule has 1 aliphatic carbocycles. The lowest BCUT2D eigenvalue weighted by atomic mass is 9.99. The summed E-state index contributed by atoms with van der Waals surface area (Å²) in [4.78, 5) is 25.0. The van der Waals surface area contributed by atoms with E-state index in [0.29, 0.717) is 0 Å². The molecule has 1 saturated carbocycles. The molecular formula is C12H21N3O3. The highest BCUT2D eigenvalue weighted by atomic mass is 16.3. The molecule has 1 atom stereocenters. The quantitative estimate of drug-likeness (QED) is 0.643. The normalized spacial score (nSPS) is 24.6. The summed E-state index contributed by atoms with van der Waals surface area (Å²) < 4.78 is 0. The second-order valence-corrected chi connectivity index (χ2v) is 5.22. The number of imide groups is 1. The second-order valence-electron chi connectivity index (χ2n) is 5.22. The zero-order valence-corrected chi connectivity index (χ0v) is 10.5. The van der Waals surface area contributed by atoms with Crippen molar-refractivity contribution in [3.05, 3.63) is 0 Å². The Hall–Kier alpha value is -1.14. The number of nitrogens with one attached hydrogen (secondary N) is 2. The van der Waals surface area contributed by atoms with Crippen LogP contribution in [0.25, 0.3) is 0 Å². The molecule has 6 nitrogen and oxygen atoms in total. The third-order valence-corrected chi connectivity index (χ3v) is 3.39. The van der Waals surface area contributed by atoms with Crippen molar-refractivity contribution in [1.82, 2.24) is 15.5 Å². The molecule has 0 radical (unpaired) electrons. The summed E-state index contributed by atoms with van der Waals surface area (Å²) in [5, 5.41) is 14.2. The molecule has 0 aromatic rings. The molecule has 1 aliphatic heterocycles. The lowest BCUT2D eigenvalue weighted by Crippen LogP contribution is -2.47. The molecule has 0 spiro atoms. The largest absolute Gasteiger partial charge is 0.396 e. The molecule has 0 bridgehead atoms. The highest BCUT2D eigenvalue weighted by Crippen LogP contribution is 2.18. The summed E-state index contributed by atoms with van der Waals surface area (Å²) in [5.41, 5.74) is 0.